The van der Waals surface area contributed by atoms with E-state index in [0.29, 0.717) is 31.4 Å². The molecule has 0 saturated heterocycles. The molecule has 0 amide bonds. The Labute approximate surface area is 75.8 Å². The molecule has 1 nitrogen and oxygen atoms in total. The zero-order valence-corrected chi connectivity index (χ0v) is 7.45. The maximum Gasteiger partial charge on any atom is 0.412 e. The van der Waals surface area contributed by atoms with Crippen molar-refractivity contribution in [3.05, 3.63) is 11.1 Å². The van der Waals surface area contributed by atoms with E-state index < -0.39 is 6.18 Å². The molecule has 0 aromatic rings. The van der Waals surface area contributed by atoms with Crippen LogP contribution in [0.25, 0.3) is 0 Å². The minimum atomic E-state index is -4.13. The zero-order chi connectivity index (χ0) is 9.90. The highest BCUT2D eigenvalue weighted by molar-refractivity contribution is 5.21. The normalized spacial score (nSPS) is 19.4. The largest absolute Gasteiger partial charge is 0.412 e. The summed E-state index contributed by atoms with van der Waals surface area (Å²) in [6, 6.07) is 0. The smallest absolute Gasteiger partial charge is 0.330 e. The first-order valence-electron chi connectivity index (χ1n) is 4.54. The van der Waals surface area contributed by atoms with Crippen molar-refractivity contribution in [2.45, 2.75) is 38.3 Å². The maximum atomic E-state index is 12.4. The molecule has 0 spiro atoms. The molecule has 76 valence electrons. The Balaban J connectivity index is 2.83. The van der Waals surface area contributed by atoms with Crippen molar-refractivity contribution in [2.75, 3.05) is 6.54 Å². The van der Waals surface area contributed by atoms with Gasteiger partial charge in [0, 0.05) is 5.57 Å². The number of nitrogens with two attached hydrogens (primary N) is 1. The van der Waals surface area contributed by atoms with Gasteiger partial charge in [-0.25, -0.2) is 0 Å². The van der Waals surface area contributed by atoms with Gasteiger partial charge in [0.2, 0.25) is 0 Å². The lowest BCUT2D eigenvalue weighted by Crippen LogP contribution is -2.18. The van der Waals surface area contributed by atoms with Crippen molar-refractivity contribution < 1.29 is 13.2 Å². The molecule has 0 fully saturated rings. The number of halogens is 3. The lowest BCUT2D eigenvalue weighted by atomic mass is 9.89. The third kappa shape index (κ3) is 2.72. The van der Waals surface area contributed by atoms with Crippen LogP contribution in [0.1, 0.15) is 32.1 Å². The van der Waals surface area contributed by atoms with Crippen LogP contribution in [0.3, 0.4) is 0 Å². The Bertz CT molecular complexity index is 205. The third-order valence-electron chi connectivity index (χ3n) is 2.37. The van der Waals surface area contributed by atoms with E-state index in [-0.39, 0.29) is 12.0 Å². The van der Waals surface area contributed by atoms with E-state index in [1.807, 2.05) is 0 Å². The van der Waals surface area contributed by atoms with Crippen molar-refractivity contribution in [2.24, 2.45) is 5.73 Å². The molecule has 2 N–H and O–H groups in total. The van der Waals surface area contributed by atoms with Gasteiger partial charge in [-0.2, -0.15) is 13.2 Å². The molecule has 0 heterocycles. The van der Waals surface area contributed by atoms with E-state index in [2.05, 4.69) is 0 Å². The molecular formula is C9H14F3N. The second-order valence-electron chi connectivity index (χ2n) is 3.33. The summed E-state index contributed by atoms with van der Waals surface area (Å²) in [5.41, 5.74) is 5.48. The monoisotopic (exact) mass is 193 g/mol. The number of hydrogen-bond donors (Lipinski definition) is 1. The van der Waals surface area contributed by atoms with Gasteiger partial charge < -0.3 is 5.73 Å². The van der Waals surface area contributed by atoms with Crippen LogP contribution in [0.4, 0.5) is 13.2 Å². The molecule has 0 radical (unpaired) electrons. The minimum absolute atomic E-state index is 0.179. The van der Waals surface area contributed by atoms with E-state index in [4.69, 9.17) is 5.73 Å². The highest BCUT2D eigenvalue weighted by Gasteiger charge is 2.36. The van der Waals surface area contributed by atoms with Gasteiger partial charge in [0.15, 0.2) is 0 Å². The molecule has 1 aliphatic carbocycles. The molecule has 0 aliphatic heterocycles. The van der Waals surface area contributed by atoms with Gasteiger partial charge in [0.05, 0.1) is 0 Å². The van der Waals surface area contributed by atoms with Crippen LogP contribution in [0, 0.1) is 0 Å². The van der Waals surface area contributed by atoms with Crippen molar-refractivity contribution in [1.29, 1.82) is 0 Å². The van der Waals surface area contributed by atoms with Crippen LogP contribution in [0.5, 0.6) is 0 Å². The van der Waals surface area contributed by atoms with Crippen molar-refractivity contribution >= 4 is 0 Å². The highest BCUT2D eigenvalue weighted by atomic mass is 19.4. The first-order chi connectivity index (χ1) is 6.05. The fourth-order valence-electron chi connectivity index (χ4n) is 1.76. The summed E-state index contributed by atoms with van der Waals surface area (Å²) < 4.78 is 37.2. The first-order valence-corrected chi connectivity index (χ1v) is 4.54. The first kappa shape index (κ1) is 10.6. The van der Waals surface area contributed by atoms with Crippen LogP contribution < -0.4 is 5.73 Å². The van der Waals surface area contributed by atoms with Crippen LogP contribution in [-0.2, 0) is 0 Å². The summed E-state index contributed by atoms with van der Waals surface area (Å²) in [6.45, 7) is 0.314. The van der Waals surface area contributed by atoms with Crippen LogP contribution in [-0.4, -0.2) is 12.7 Å². The minimum Gasteiger partial charge on any atom is -0.330 e. The summed E-state index contributed by atoms with van der Waals surface area (Å²) in [5, 5.41) is 0. The van der Waals surface area contributed by atoms with Crippen molar-refractivity contribution in [3.8, 4) is 0 Å². The van der Waals surface area contributed by atoms with Gasteiger partial charge in [0.1, 0.15) is 0 Å². The molecule has 1 aliphatic rings. The number of hydrogen-bond acceptors (Lipinski definition) is 1. The van der Waals surface area contributed by atoms with Gasteiger partial charge in [-0.15, -0.1) is 0 Å². The molecule has 1 rings (SSSR count). The SMILES string of the molecule is NCCC1=C(C(F)(F)F)CCCC1. The molecule has 0 saturated carbocycles. The number of alkyl halides is 3. The summed E-state index contributed by atoms with van der Waals surface area (Å²) in [5.74, 6) is 0. The zero-order valence-electron chi connectivity index (χ0n) is 7.45. The number of allylic oxidation sites excluding steroid dienone is 1. The second-order valence-corrected chi connectivity index (χ2v) is 3.33. The summed E-state index contributed by atoms with van der Waals surface area (Å²) in [7, 11) is 0. The van der Waals surface area contributed by atoms with Gasteiger partial charge in [0.25, 0.3) is 0 Å². The van der Waals surface area contributed by atoms with E-state index in [0.717, 1.165) is 6.42 Å². The quantitative estimate of drug-likeness (QED) is 0.670. The Kier molecular flexibility index (Phi) is 3.36. The molecule has 13 heavy (non-hydrogen) atoms. The van der Waals surface area contributed by atoms with E-state index >= 15 is 0 Å². The Morgan fingerprint density at radius 1 is 1.15 bits per heavy atom. The topological polar surface area (TPSA) is 26.0 Å². The average Bonchev–Trinajstić information content (AvgIpc) is 2.04. The van der Waals surface area contributed by atoms with E-state index in [9.17, 15) is 13.2 Å². The second kappa shape index (κ2) is 4.13. The average molecular weight is 193 g/mol. The predicted molar refractivity (Wildman–Crippen MR) is 45.2 cm³/mol. The van der Waals surface area contributed by atoms with Crippen LogP contribution in [0.2, 0.25) is 0 Å². The van der Waals surface area contributed by atoms with Crippen LogP contribution in [0.15, 0.2) is 11.1 Å². The third-order valence-corrected chi connectivity index (χ3v) is 2.37. The van der Waals surface area contributed by atoms with E-state index in [1.54, 1.807) is 0 Å². The van der Waals surface area contributed by atoms with Crippen molar-refractivity contribution in [1.82, 2.24) is 0 Å². The highest BCUT2D eigenvalue weighted by Crippen LogP contribution is 2.37. The fourth-order valence-corrected chi connectivity index (χ4v) is 1.76. The summed E-state index contributed by atoms with van der Waals surface area (Å²) in [6.07, 6.45) is -1.46. The standard InChI is InChI=1S/C9H14F3N/c10-9(11,12)8-4-2-1-3-7(8)5-6-13/h1-6,13H2. The lowest BCUT2D eigenvalue weighted by Gasteiger charge is -2.21. The van der Waals surface area contributed by atoms with Gasteiger partial charge in [-0.3, -0.25) is 0 Å². The van der Waals surface area contributed by atoms with Gasteiger partial charge in [-0.1, -0.05) is 5.57 Å². The molecule has 0 unspecified atom stereocenters. The molecular weight excluding hydrogens is 179 g/mol. The van der Waals surface area contributed by atoms with Crippen LogP contribution >= 0.6 is 0 Å². The van der Waals surface area contributed by atoms with Gasteiger partial charge >= 0.3 is 6.18 Å². The van der Waals surface area contributed by atoms with Crippen molar-refractivity contribution in [3.63, 3.8) is 0 Å². The van der Waals surface area contributed by atoms with Gasteiger partial charge in [-0.05, 0) is 38.6 Å². The maximum absolute atomic E-state index is 12.4. The Hall–Kier alpha value is -0.510. The molecule has 0 atom stereocenters. The molecule has 4 heteroatoms. The molecule has 0 aromatic heterocycles. The Morgan fingerprint density at radius 3 is 2.31 bits per heavy atom. The number of rotatable bonds is 2. The lowest BCUT2D eigenvalue weighted by molar-refractivity contribution is -0.0960. The van der Waals surface area contributed by atoms with E-state index in [1.165, 1.54) is 0 Å². The molecule has 0 aromatic carbocycles. The summed E-state index contributed by atoms with van der Waals surface area (Å²) in [4.78, 5) is 0. The molecule has 0 bridgehead atoms. The predicted octanol–water partition coefficient (Wildman–Crippen LogP) is 2.77. The summed E-state index contributed by atoms with van der Waals surface area (Å²) >= 11 is 0. The fraction of sp³-hybridized carbons (Fsp3) is 0.778. The Morgan fingerprint density at radius 2 is 1.77 bits per heavy atom.